The van der Waals surface area contributed by atoms with Crippen LogP contribution < -0.4 is 5.32 Å². The Morgan fingerprint density at radius 2 is 1.81 bits per heavy atom. The zero-order valence-electron chi connectivity index (χ0n) is 14.3. The molecule has 7 heteroatoms. The molecule has 1 atom stereocenters. The molecule has 0 heterocycles. The minimum absolute atomic E-state index is 0.0904. The van der Waals surface area contributed by atoms with Crippen molar-refractivity contribution in [3.8, 4) is 17.6 Å². The number of aliphatic hydroxyl groups is 1. The van der Waals surface area contributed by atoms with Gasteiger partial charge >= 0.3 is 12.1 Å². The van der Waals surface area contributed by atoms with Gasteiger partial charge in [-0.3, -0.25) is 4.79 Å². The molecule has 0 aliphatic heterocycles. The maximum absolute atomic E-state index is 12.1. The van der Waals surface area contributed by atoms with E-state index in [9.17, 15) is 28.2 Å². The van der Waals surface area contributed by atoms with Crippen LogP contribution in [0.1, 0.15) is 29.2 Å². The summed E-state index contributed by atoms with van der Waals surface area (Å²) in [6, 6.07) is 13.7. The topological polar surface area (TPSA) is 69.6 Å². The van der Waals surface area contributed by atoms with Crippen LogP contribution in [0.3, 0.4) is 0 Å². The third kappa shape index (κ3) is 6.04. The molecule has 2 aromatic carbocycles. The molecule has 1 unspecified atom stereocenters. The normalized spacial score (nSPS) is 12.0. The van der Waals surface area contributed by atoms with E-state index in [4.69, 9.17) is 0 Å². The van der Waals surface area contributed by atoms with Gasteiger partial charge in [-0.2, -0.15) is 13.2 Å². The summed E-state index contributed by atoms with van der Waals surface area (Å²) >= 11 is 0. The largest absolute Gasteiger partial charge is 0.506 e. The first kappa shape index (κ1) is 20.3. The van der Waals surface area contributed by atoms with E-state index >= 15 is 0 Å². The SMILES string of the molecule is O=C(NCCCc1cccc(C#CC(O)c2ccccc2)c1O)C(F)(F)F. The smallest absolute Gasteiger partial charge is 0.471 e. The lowest BCUT2D eigenvalue weighted by atomic mass is 10.0. The molecular formula is C20H18F3NO3. The standard InChI is InChI=1S/C20H18F3NO3/c21-20(22,23)19(27)24-13-5-10-15-8-4-9-16(18(15)26)11-12-17(25)14-6-2-1-3-7-14/h1-4,6-9,17,25-26H,5,10,13H2,(H,24,27). The molecule has 142 valence electrons. The van der Waals surface area contributed by atoms with E-state index in [1.165, 1.54) is 0 Å². The second kappa shape index (κ2) is 9.10. The zero-order valence-corrected chi connectivity index (χ0v) is 14.3. The van der Waals surface area contributed by atoms with E-state index < -0.39 is 18.2 Å². The van der Waals surface area contributed by atoms with Crippen LogP contribution in [0.25, 0.3) is 0 Å². The third-order valence-corrected chi connectivity index (χ3v) is 3.74. The molecule has 0 fully saturated rings. The molecule has 2 rings (SSSR count). The number of phenols is 1. The number of para-hydroxylation sites is 1. The Morgan fingerprint density at radius 1 is 1.11 bits per heavy atom. The van der Waals surface area contributed by atoms with Crippen LogP contribution >= 0.6 is 0 Å². The average molecular weight is 377 g/mol. The molecule has 0 saturated carbocycles. The van der Waals surface area contributed by atoms with Crippen molar-refractivity contribution in [1.29, 1.82) is 0 Å². The van der Waals surface area contributed by atoms with Gasteiger partial charge in [0.2, 0.25) is 0 Å². The number of benzene rings is 2. The van der Waals surface area contributed by atoms with E-state index in [0.29, 0.717) is 16.7 Å². The number of phenolic OH excluding ortho intramolecular Hbond substituents is 1. The summed E-state index contributed by atoms with van der Waals surface area (Å²) < 4.78 is 36.3. The molecule has 0 bridgehead atoms. The van der Waals surface area contributed by atoms with Crippen molar-refractivity contribution in [2.24, 2.45) is 0 Å². The lowest BCUT2D eigenvalue weighted by Gasteiger charge is -2.09. The summed E-state index contributed by atoms with van der Waals surface area (Å²) in [5.74, 6) is 3.28. The molecule has 0 saturated heterocycles. The van der Waals surface area contributed by atoms with Crippen molar-refractivity contribution in [2.45, 2.75) is 25.1 Å². The first-order valence-electron chi connectivity index (χ1n) is 8.19. The van der Waals surface area contributed by atoms with Gasteiger partial charge in [0.15, 0.2) is 0 Å². The highest BCUT2D eigenvalue weighted by molar-refractivity contribution is 5.81. The number of rotatable bonds is 5. The monoisotopic (exact) mass is 377 g/mol. The number of aromatic hydroxyl groups is 1. The Kier molecular flexibility index (Phi) is 6.85. The van der Waals surface area contributed by atoms with Crippen molar-refractivity contribution in [3.05, 3.63) is 65.2 Å². The summed E-state index contributed by atoms with van der Waals surface area (Å²) in [7, 11) is 0. The number of hydrogen-bond donors (Lipinski definition) is 3. The number of halogens is 3. The first-order chi connectivity index (χ1) is 12.8. The number of hydrogen-bond acceptors (Lipinski definition) is 3. The van der Waals surface area contributed by atoms with Crippen LogP contribution in [-0.2, 0) is 11.2 Å². The number of carbonyl (C=O) groups excluding carboxylic acids is 1. The second-order valence-electron chi connectivity index (χ2n) is 5.75. The lowest BCUT2D eigenvalue weighted by molar-refractivity contribution is -0.173. The predicted molar refractivity (Wildman–Crippen MR) is 93.8 cm³/mol. The van der Waals surface area contributed by atoms with Gasteiger partial charge in [0.25, 0.3) is 0 Å². The quantitative estimate of drug-likeness (QED) is 0.554. The summed E-state index contributed by atoms with van der Waals surface area (Å²) in [5.41, 5.74) is 1.43. The van der Waals surface area contributed by atoms with Crippen molar-refractivity contribution >= 4 is 5.91 Å². The fraction of sp³-hybridized carbons (Fsp3) is 0.250. The number of alkyl halides is 3. The van der Waals surface area contributed by atoms with Gasteiger partial charge in [0, 0.05) is 6.54 Å². The van der Waals surface area contributed by atoms with Crippen molar-refractivity contribution in [1.82, 2.24) is 5.32 Å². The Hall–Kier alpha value is -2.98. The van der Waals surface area contributed by atoms with E-state index in [2.05, 4.69) is 11.8 Å². The number of nitrogens with one attached hydrogen (secondary N) is 1. The van der Waals surface area contributed by atoms with E-state index in [0.717, 1.165) is 0 Å². The summed E-state index contributed by atoms with van der Waals surface area (Å²) in [4.78, 5) is 10.7. The number of amides is 1. The van der Waals surface area contributed by atoms with Crippen LogP contribution in [0.2, 0.25) is 0 Å². The number of carbonyl (C=O) groups is 1. The van der Waals surface area contributed by atoms with E-state index in [1.807, 2.05) is 6.07 Å². The molecule has 0 aromatic heterocycles. The molecular weight excluding hydrogens is 359 g/mol. The van der Waals surface area contributed by atoms with Crippen molar-refractivity contribution in [3.63, 3.8) is 0 Å². The van der Waals surface area contributed by atoms with Crippen LogP contribution in [0, 0.1) is 11.8 Å². The molecule has 0 spiro atoms. The third-order valence-electron chi connectivity index (χ3n) is 3.74. The van der Waals surface area contributed by atoms with Gasteiger partial charge in [-0.15, -0.1) is 0 Å². The fourth-order valence-corrected chi connectivity index (χ4v) is 2.34. The number of aliphatic hydroxyl groups excluding tert-OH is 1. The maximum Gasteiger partial charge on any atom is 0.471 e. The highest BCUT2D eigenvalue weighted by Crippen LogP contribution is 2.23. The fourth-order valence-electron chi connectivity index (χ4n) is 2.34. The first-order valence-corrected chi connectivity index (χ1v) is 8.19. The summed E-state index contributed by atoms with van der Waals surface area (Å²) in [6.07, 6.45) is -5.43. The maximum atomic E-state index is 12.1. The average Bonchev–Trinajstić information content (AvgIpc) is 2.64. The van der Waals surface area contributed by atoms with Crippen molar-refractivity contribution in [2.75, 3.05) is 6.54 Å². The minimum atomic E-state index is -4.91. The van der Waals surface area contributed by atoms with Crippen LogP contribution in [0.5, 0.6) is 5.75 Å². The second-order valence-corrected chi connectivity index (χ2v) is 5.75. The van der Waals surface area contributed by atoms with Gasteiger partial charge in [0.05, 0.1) is 5.56 Å². The Labute approximate surface area is 154 Å². The predicted octanol–water partition coefficient (Wildman–Crippen LogP) is 3.09. The van der Waals surface area contributed by atoms with Crippen LogP contribution in [0.4, 0.5) is 13.2 Å². The molecule has 2 aromatic rings. The molecule has 27 heavy (non-hydrogen) atoms. The highest BCUT2D eigenvalue weighted by Gasteiger charge is 2.38. The van der Waals surface area contributed by atoms with Gasteiger partial charge in [-0.1, -0.05) is 54.3 Å². The Bertz CT molecular complexity index is 839. The van der Waals surface area contributed by atoms with Crippen LogP contribution in [0.15, 0.2) is 48.5 Å². The van der Waals surface area contributed by atoms with Gasteiger partial charge < -0.3 is 15.5 Å². The molecule has 1 amide bonds. The highest BCUT2D eigenvalue weighted by atomic mass is 19.4. The van der Waals surface area contributed by atoms with Crippen molar-refractivity contribution < 1.29 is 28.2 Å². The molecule has 0 radical (unpaired) electrons. The van der Waals surface area contributed by atoms with Gasteiger partial charge in [0.1, 0.15) is 11.9 Å². The summed E-state index contributed by atoms with van der Waals surface area (Å²) in [5, 5.41) is 22.1. The van der Waals surface area contributed by atoms with Gasteiger partial charge in [-0.25, -0.2) is 0 Å². The van der Waals surface area contributed by atoms with E-state index in [1.54, 1.807) is 47.8 Å². The lowest BCUT2D eigenvalue weighted by Crippen LogP contribution is -2.37. The van der Waals surface area contributed by atoms with Crippen LogP contribution in [-0.4, -0.2) is 28.8 Å². The zero-order chi connectivity index (χ0) is 19.9. The molecule has 0 aliphatic carbocycles. The molecule has 0 aliphatic rings. The molecule has 4 nitrogen and oxygen atoms in total. The number of aryl methyl sites for hydroxylation is 1. The van der Waals surface area contributed by atoms with E-state index in [-0.39, 0.29) is 25.1 Å². The van der Waals surface area contributed by atoms with Gasteiger partial charge in [-0.05, 0) is 30.0 Å². The molecule has 3 N–H and O–H groups in total. The Morgan fingerprint density at radius 3 is 2.48 bits per heavy atom. The minimum Gasteiger partial charge on any atom is -0.506 e. The Balaban J connectivity index is 1.98. The summed E-state index contributed by atoms with van der Waals surface area (Å²) in [6.45, 7) is -0.166.